The zero-order valence-electron chi connectivity index (χ0n) is 10.2. The molecule has 1 rings (SSSR count). The number of hydrogen-bond donors (Lipinski definition) is 1. The molecule has 0 saturated carbocycles. The minimum atomic E-state index is -0.828. The number of carboxylic acids is 1. The number of carbonyl (C=O) groups is 1. The Kier molecular flexibility index (Phi) is 5.18. The van der Waals surface area contributed by atoms with Gasteiger partial charge in [0.25, 0.3) is 0 Å². The van der Waals surface area contributed by atoms with E-state index in [1.54, 1.807) is 7.11 Å². The average molecular weight is 231 g/mol. The molecule has 5 heteroatoms. The summed E-state index contributed by atoms with van der Waals surface area (Å²) >= 11 is 0. The van der Waals surface area contributed by atoms with E-state index >= 15 is 0 Å². The molecule has 1 aliphatic heterocycles. The molecule has 0 aromatic rings. The van der Waals surface area contributed by atoms with Crippen molar-refractivity contribution in [1.82, 2.24) is 4.90 Å². The van der Waals surface area contributed by atoms with Crippen LogP contribution in [0.2, 0.25) is 0 Å². The number of ether oxygens (including phenoxy) is 2. The summed E-state index contributed by atoms with van der Waals surface area (Å²) in [5.74, 6) is -0.343. The van der Waals surface area contributed by atoms with Crippen LogP contribution in [0.3, 0.4) is 0 Å². The first-order valence-electron chi connectivity index (χ1n) is 5.58. The highest BCUT2D eigenvalue weighted by Gasteiger charge is 2.33. The number of hydrogen-bond acceptors (Lipinski definition) is 4. The van der Waals surface area contributed by atoms with Crippen molar-refractivity contribution >= 4 is 5.97 Å². The molecule has 0 aromatic carbocycles. The van der Waals surface area contributed by atoms with Crippen molar-refractivity contribution in [2.75, 3.05) is 33.9 Å². The second kappa shape index (κ2) is 6.18. The number of carboxylic acid groups (broad SMARTS) is 1. The Morgan fingerprint density at radius 1 is 1.56 bits per heavy atom. The average Bonchev–Trinajstić information content (AvgIpc) is 2.26. The van der Waals surface area contributed by atoms with E-state index in [0.717, 1.165) is 13.0 Å². The van der Waals surface area contributed by atoms with E-state index in [2.05, 4.69) is 6.92 Å². The summed E-state index contributed by atoms with van der Waals surface area (Å²) in [4.78, 5) is 13.0. The maximum atomic E-state index is 11.1. The van der Waals surface area contributed by atoms with Crippen molar-refractivity contribution in [3.63, 3.8) is 0 Å². The van der Waals surface area contributed by atoms with Crippen molar-refractivity contribution < 1.29 is 19.4 Å². The standard InChI is InChI=1S/C11H21NO4/c1-8-4-5-12(6-10(8)16-3)9(7-15-2)11(13)14/h8-10H,4-7H2,1-3H3,(H,13,14). The van der Waals surface area contributed by atoms with Gasteiger partial charge in [-0.25, -0.2) is 0 Å². The van der Waals surface area contributed by atoms with Gasteiger partial charge in [0.05, 0.1) is 12.7 Å². The summed E-state index contributed by atoms with van der Waals surface area (Å²) in [5.41, 5.74) is 0. The molecule has 0 radical (unpaired) electrons. The van der Waals surface area contributed by atoms with Gasteiger partial charge in [-0.15, -0.1) is 0 Å². The monoisotopic (exact) mass is 231 g/mol. The molecule has 0 aliphatic carbocycles. The fourth-order valence-corrected chi connectivity index (χ4v) is 2.14. The van der Waals surface area contributed by atoms with Gasteiger partial charge < -0.3 is 14.6 Å². The second-order valence-corrected chi connectivity index (χ2v) is 4.34. The normalized spacial score (nSPS) is 28.9. The van der Waals surface area contributed by atoms with Gasteiger partial charge in [-0.2, -0.15) is 0 Å². The van der Waals surface area contributed by atoms with Gasteiger partial charge in [-0.1, -0.05) is 6.92 Å². The molecular weight excluding hydrogens is 210 g/mol. The van der Waals surface area contributed by atoms with Crippen LogP contribution in [0.25, 0.3) is 0 Å². The molecule has 1 N–H and O–H groups in total. The van der Waals surface area contributed by atoms with E-state index in [9.17, 15) is 4.79 Å². The van der Waals surface area contributed by atoms with Crippen LogP contribution in [-0.4, -0.2) is 62.0 Å². The highest BCUT2D eigenvalue weighted by molar-refractivity contribution is 5.73. The molecule has 1 aliphatic rings. The van der Waals surface area contributed by atoms with E-state index in [1.807, 2.05) is 4.90 Å². The molecule has 0 bridgehead atoms. The van der Waals surface area contributed by atoms with Crippen LogP contribution in [0, 0.1) is 5.92 Å². The summed E-state index contributed by atoms with van der Waals surface area (Å²) in [5, 5.41) is 9.12. The van der Waals surface area contributed by atoms with E-state index in [0.29, 0.717) is 12.5 Å². The lowest BCUT2D eigenvalue weighted by molar-refractivity contribution is -0.147. The predicted molar refractivity (Wildman–Crippen MR) is 59.5 cm³/mol. The molecule has 0 aromatic heterocycles. The first-order chi connectivity index (χ1) is 7.60. The minimum absolute atomic E-state index is 0.118. The predicted octanol–water partition coefficient (Wildman–Crippen LogP) is 0.443. The van der Waals surface area contributed by atoms with E-state index in [4.69, 9.17) is 14.6 Å². The summed E-state index contributed by atoms with van der Waals surface area (Å²) in [6.45, 7) is 3.82. The molecule has 0 amide bonds. The Bertz CT molecular complexity index is 234. The summed E-state index contributed by atoms with van der Waals surface area (Å²) in [7, 11) is 3.20. The van der Waals surface area contributed by atoms with E-state index in [-0.39, 0.29) is 12.7 Å². The smallest absolute Gasteiger partial charge is 0.323 e. The molecule has 3 unspecified atom stereocenters. The molecule has 1 saturated heterocycles. The number of methoxy groups -OCH3 is 2. The Balaban J connectivity index is 2.61. The highest BCUT2D eigenvalue weighted by Crippen LogP contribution is 2.21. The molecule has 5 nitrogen and oxygen atoms in total. The van der Waals surface area contributed by atoms with E-state index < -0.39 is 12.0 Å². The number of aliphatic carboxylic acids is 1. The van der Waals surface area contributed by atoms with Gasteiger partial charge >= 0.3 is 5.97 Å². The summed E-state index contributed by atoms with van der Waals surface area (Å²) in [6.07, 6.45) is 1.08. The number of piperidine rings is 1. The third-order valence-electron chi connectivity index (χ3n) is 3.27. The largest absolute Gasteiger partial charge is 0.480 e. The van der Waals surface area contributed by atoms with Gasteiger partial charge in [-0.05, 0) is 18.9 Å². The first-order valence-corrected chi connectivity index (χ1v) is 5.58. The lowest BCUT2D eigenvalue weighted by atomic mass is 9.95. The third-order valence-corrected chi connectivity index (χ3v) is 3.27. The van der Waals surface area contributed by atoms with Crippen molar-refractivity contribution in [2.24, 2.45) is 5.92 Å². The molecule has 16 heavy (non-hydrogen) atoms. The fourth-order valence-electron chi connectivity index (χ4n) is 2.14. The van der Waals surface area contributed by atoms with E-state index in [1.165, 1.54) is 7.11 Å². The molecule has 1 fully saturated rings. The zero-order chi connectivity index (χ0) is 12.1. The topological polar surface area (TPSA) is 59.0 Å². The number of nitrogens with zero attached hydrogens (tertiary/aromatic N) is 1. The Morgan fingerprint density at radius 3 is 2.75 bits per heavy atom. The Hall–Kier alpha value is -0.650. The molecule has 0 spiro atoms. The molecular formula is C11H21NO4. The molecule has 1 heterocycles. The fraction of sp³-hybridized carbons (Fsp3) is 0.909. The SMILES string of the molecule is COCC(C(=O)O)N1CCC(C)C(OC)C1. The van der Waals surface area contributed by atoms with Crippen molar-refractivity contribution in [3.8, 4) is 0 Å². The van der Waals surface area contributed by atoms with Crippen LogP contribution >= 0.6 is 0 Å². The van der Waals surface area contributed by atoms with Gasteiger partial charge in [0.2, 0.25) is 0 Å². The summed E-state index contributed by atoms with van der Waals surface area (Å²) < 4.78 is 10.3. The van der Waals surface area contributed by atoms with Gasteiger partial charge in [-0.3, -0.25) is 9.69 Å². The van der Waals surface area contributed by atoms with Crippen LogP contribution in [0.5, 0.6) is 0 Å². The van der Waals surface area contributed by atoms with Crippen LogP contribution in [0.15, 0.2) is 0 Å². The summed E-state index contributed by atoms with van der Waals surface area (Å²) in [6, 6.07) is -0.560. The lowest BCUT2D eigenvalue weighted by Gasteiger charge is -2.38. The van der Waals surface area contributed by atoms with Crippen LogP contribution in [0.1, 0.15) is 13.3 Å². The molecule has 3 atom stereocenters. The van der Waals surface area contributed by atoms with Crippen molar-refractivity contribution in [3.05, 3.63) is 0 Å². The third kappa shape index (κ3) is 3.17. The lowest BCUT2D eigenvalue weighted by Crippen LogP contribution is -2.52. The first kappa shape index (κ1) is 13.4. The van der Waals surface area contributed by atoms with Crippen LogP contribution < -0.4 is 0 Å². The van der Waals surface area contributed by atoms with Gasteiger partial charge in [0.1, 0.15) is 6.04 Å². The van der Waals surface area contributed by atoms with Crippen LogP contribution in [0.4, 0.5) is 0 Å². The van der Waals surface area contributed by atoms with Gasteiger partial charge in [0, 0.05) is 20.8 Å². The minimum Gasteiger partial charge on any atom is -0.480 e. The second-order valence-electron chi connectivity index (χ2n) is 4.34. The van der Waals surface area contributed by atoms with Crippen LogP contribution in [-0.2, 0) is 14.3 Å². The Morgan fingerprint density at radius 2 is 2.25 bits per heavy atom. The zero-order valence-corrected chi connectivity index (χ0v) is 10.2. The van der Waals surface area contributed by atoms with Gasteiger partial charge in [0.15, 0.2) is 0 Å². The number of rotatable bonds is 5. The quantitative estimate of drug-likeness (QED) is 0.744. The maximum Gasteiger partial charge on any atom is 0.323 e. The Labute approximate surface area is 96.3 Å². The molecule has 94 valence electrons. The highest BCUT2D eigenvalue weighted by atomic mass is 16.5. The van der Waals surface area contributed by atoms with Crippen molar-refractivity contribution in [1.29, 1.82) is 0 Å². The maximum absolute atomic E-state index is 11.1. The van der Waals surface area contributed by atoms with Crippen molar-refractivity contribution in [2.45, 2.75) is 25.5 Å². The number of likely N-dealkylation sites (tertiary alicyclic amines) is 1.